The Balaban J connectivity index is 0.00000182. The van der Waals surface area contributed by atoms with Gasteiger partial charge in [-0.2, -0.15) is 0 Å². The predicted octanol–water partition coefficient (Wildman–Crippen LogP) is 1.46. The van der Waals surface area contributed by atoms with Crippen molar-refractivity contribution in [3.63, 3.8) is 0 Å². The van der Waals surface area contributed by atoms with Crippen LogP contribution in [0.1, 0.15) is 44.9 Å². The molecule has 2 N–H and O–H groups in total. The molecule has 3 amide bonds. The summed E-state index contributed by atoms with van der Waals surface area (Å²) in [6.07, 6.45) is 6.14. The Hall–Kier alpha value is -1.34. The van der Waals surface area contributed by atoms with Gasteiger partial charge in [-0.15, -0.1) is 12.4 Å². The van der Waals surface area contributed by atoms with Gasteiger partial charge in [-0.25, -0.2) is 4.79 Å². The molecule has 0 aromatic rings. The molecule has 0 bridgehead atoms. The first-order valence-corrected chi connectivity index (χ1v) is 9.07. The number of imide groups is 1. The van der Waals surface area contributed by atoms with Crippen LogP contribution in [0.5, 0.6) is 0 Å². The molecule has 2 heterocycles. The molecule has 2 saturated carbocycles. The molecule has 1 spiro atoms. The van der Waals surface area contributed by atoms with E-state index in [9.17, 15) is 19.5 Å². The Morgan fingerprint density at radius 1 is 1.16 bits per heavy atom. The molecule has 0 unspecified atom stereocenters. The number of fused-ring (bicyclic) bond motifs is 1. The smallest absolute Gasteiger partial charge is 0.325 e. The molecule has 8 heteroatoms. The Morgan fingerprint density at radius 2 is 1.88 bits per heavy atom. The number of hydrogen-bond acceptors (Lipinski definition) is 4. The molecule has 25 heavy (non-hydrogen) atoms. The van der Waals surface area contributed by atoms with Gasteiger partial charge in [0, 0.05) is 26.2 Å². The topological polar surface area (TPSA) is 90.0 Å². The van der Waals surface area contributed by atoms with Crippen LogP contribution in [0, 0.1) is 11.3 Å². The average molecular weight is 372 g/mol. The zero-order valence-electron chi connectivity index (χ0n) is 14.3. The van der Waals surface area contributed by atoms with Crippen LogP contribution in [0.3, 0.4) is 0 Å². The van der Waals surface area contributed by atoms with Gasteiger partial charge in [0.25, 0.3) is 5.91 Å². The quantitative estimate of drug-likeness (QED) is 0.730. The molecule has 4 aliphatic rings. The summed E-state index contributed by atoms with van der Waals surface area (Å²) < 4.78 is 0. The monoisotopic (exact) mass is 371 g/mol. The van der Waals surface area contributed by atoms with Crippen molar-refractivity contribution in [2.45, 2.75) is 50.5 Å². The largest absolute Gasteiger partial charge is 0.481 e. The first-order chi connectivity index (χ1) is 11.5. The van der Waals surface area contributed by atoms with Crippen molar-refractivity contribution >= 4 is 30.3 Å². The lowest BCUT2D eigenvalue weighted by atomic mass is 9.81. The normalized spacial score (nSPS) is 33.6. The average Bonchev–Trinajstić information content (AvgIpc) is 3.24. The van der Waals surface area contributed by atoms with E-state index in [2.05, 4.69) is 10.2 Å². The third kappa shape index (κ3) is 2.72. The number of carbonyl (C=O) groups is 3. The van der Waals surface area contributed by atoms with Crippen molar-refractivity contribution in [3.8, 4) is 0 Å². The molecule has 4 rings (SSSR count). The summed E-state index contributed by atoms with van der Waals surface area (Å²) in [5, 5.41) is 12.5. The van der Waals surface area contributed by atoms with Crippen LogP contribution in [-0.2, 0) is 9.59 Å². The van der Waals surface area contributed by atoms with Gasteiger partial charge in [-0.05, 0) is 31.6 Å². The second-order valence-corrected chi connectivity index (χ2v) is 7.96. The van der Waals surface area contributed by atoms with Crippen molar-refractivity contribution < 1.29 is 19.5 Å². The minimum atomic E-state index is -0.688. The van der Waals surface area contributed by atoms with Crippen molar-refractivity contribution in [3.05, 3.63) is 0 Å². The van der Waals surface area contributed by atoms with Crippen molar-refractivity contribution in [1.82, 2.24) is 15.1 Å². The van der Waals surface area contributed by atoms with Crippen LogP contribution in [-0.4, -0.2) is 64.5 Å². The summed E-state index contributed by atoms with van der Waals surface area (Å²) >= 11 is 0. The molecule has 0 aromatic heterocycles. The highest BCUT2D eigenvalue weighted by atomic mass is 35.5. The highest BCUT2D eigenvalue weighted by molar-refractivity contribution is 6.07. The summed E-state index contributed by atoms with van der Waals surface area (Å²) in [6.45, 7) is 2.23. The van der Waals surface area contributed by atoms with Crippen molar-refractivity contribution in [2.24, 2.45) is 11.3 Å². The van der Waals surface area contributed by atoms with E-state index in [1.54, 1.807) is 0 Å². The number of hydrogen-bond donors (Lipinski definition) is 2. The van der Waals surface area contributed by atoms with E-state index in [4.69, 9.17) is 0 Å². The van der Waals surface area contributed by atoms with Crippen LogP contribution in [0.2, 0.25) is 0 Å². The lowest BCUT2D eigenvalue weighted by Crippen LogP contribution is -2.44. The fourth-order valence-electron chi connectivity index (χ4n) is 5.35. The third-order valence-corrected chi connectivity index (χ3v) is 6.71. The highest BCUT2D eigenvalue weighted by Gasteiger charge is 2.55. The minimum Gasteiger partial charge on any atom is -0.481 e. The molecule has 2 aliphatic carbocycles. The van der Waals surface area contributed by atoms with Crippen LogP contribution >= 0.6 is 12.4 Å². The van der Waals surface area contributed by atoms with E-state index in [1.807, 2.05) is 0 Å². The first kappa shape index (κ1) is 18.5. The molecule has 2 atom stereocenters. The maximum atomic E-state index is 12.6. The van der Waals surface area contributed by atoms with E-state index >= 15 is 0 Å². The van der Waals surface area contributed by atoms with Crippen LogP contribution in [0.25, 0.3) is 0 Å². The van der Waals surface area contributed by atoms with E-state index in [1.165, 1.54) is 4.90 Å². The SMILES string of the molecule is Cl.O=C1NC2(CCCC2)C(=O)N1CCN1C[C@@H]2CCC[C@@]2(C(=O)O)C1. The maximum absolute atomic E-state index is 12.6. The number of amides is 3. The van der Waals surface area contributed by atoms with Gasteiger partial charge in [0.1, 0.15) is 5.54 Å². The van der Waals surface area contributed by atoms with Gasteiger partial charge in [0.15, 0.2) is 0 Å². The summed E-state index contributed by atoms with van der Waals surface area (Å²) in [7, 11) is 0. The number of halogens is 1. The summed E-state index contributed by atoms with van der Waals surface area (Å²) in [5.74, 6) is -0.566. The predicted molar refractivity (Wildman–Crippen MR) is 92.5 cm³/mol. The molecular formula is C17H26ClN3O4. The molecule has 140 valence electrons. The van der Waals surface area contributed by atoms with E-state index < -0.39 is 16.9 Å². The Labute approximate surface area is 153 Å². The maximum Gasteiger partial charge on any atom is 0.325 e. The Bertz CT molecular complexity index is 592. The fourth-order valence-corrected chi connectivity index (χ4v) is 5.35. The first-order valence-electron chi connectivity index (χ1n) is 9.07. The summed E-state index contributed by atoms with van der Waals surface area (Å²) in [4.78, 5) is 40.0. The standard InChI is InChI=1S/C17H25N3O4.ClH/c21-13-17(6-1-2-7-17)18-15(24)20(13)9-8-19-10-12-4-3-5-16(12,11-19)14(22)23;/h12H,1-11H2,(H,18,24)(H,22,23);1H/t12-,16+;/m0./s1. The molecule has 7 nitrogen and oxygen atoms in total. The van der Waals surface area contributed by atoms with Crippen LogP contribution in [0.15, 0.2) is 0 Å². The lowest BCUT2D eigenvalue weighted by molar-refractivity contribution is -0.149. The fraction of sp³-hybridized carbons (Fsp3) is 0.824. The van der Waals surface area contributed by atoms with Crippen LogP contribution in [0.4, 0.5) is 4.79 Å². The van der Waals surface area contributed by atoms with Crippen LogP contribution < -0.4 is 5.32 Å². The summed E-state index contributed by atoms with van der Waals surface area (Å²) in [6, 6.07) is -0.283. The van der Waals surface area contributed by atoms with Crippen molar-refractivity contribution in [2.75, 3.05) is 26.2 Å². The number of carbonyl (C=O) groups excluding carboxylic acids is 2. The molecule has 0 aromatic carbocycles. The van der Waals surface area contributed by atoms with Gasteiger partial charge < -0.3 is 15.3 Å². The van der Waals surface area contributed by atoms with E-state index in [0.29, 0.717) is 19.6 Å². The zero-order chi connectivity index (χ0) is 16.9. The highest BCUT2D eigenvalue weighted by Crippen LogP contribution is 2.48. The number of urea groups is 1. The zero-order valence-corrected chi connectivity index (χ0v) is 15.1. The van der Waals surface area contributed by atoms with Gasteiger partial charge in [-0.1, -0.05) is 19.3 Å². The minimum absolute atomic E-state index is 0. The Kier molecular flexibility index (Phi) is 4.75. The van der Waals surface area contributed by atoms with E-state index in [0.717, 1.165) is 51.5 Å². The number of nitrogens with one attached hydrogen (secondary N) is 1. The van der Waals surface area contributed by atoms with Crippen molar-refractivity contribution in [1.29, 1.82) is 0 Å². The van der Waals surface area contributed by atoms with Gasteiger partial charge in [-0.3, -0.25) is 14.5 Å². The van der Waals surface area contributed by atoms with Gasteiger partial charge in [0.2, 0.25) is 0 Å². The molecule has 0 radical (unpaired) electrons. The number of carboxylic acids is 1. The molecule has 4 fully saturated rings. The number of rotatable bonds is 4. The molecule has 2 saturated heterocycles. The Morgan fingerprint density at radius 3 is 2.52 bits per heavy atom. The second kappa shape index (κ2) is 6.43. The van der Waals surface area contributed by atoms with Gasteiger partial charge >= 0.3 is 12.0 Å². The summed E-state index contributed by atoms with van der Waals surface area (Å²) in [5.41, 5.74) is -1.26. The number of nitrogens with zero attached hydrogens (tertiary/aromatic N) is 2. The third-order valence-electron chi connectivity index (χ3n) is 6.71. The lowest BCUT2D eigenvalue weighted by Gasteiger charge is -2.24. The number of carboxylic acid groups (broad SMARTS) is 1. The van der Waals surface area contributed by atoms with E-state index in [-0.39, 0.29) is 30.3 Å². The number of aliphatic carboxylic acids is 1. The molecule has 2 aliphatic heterocycles. The number of likely N-dealkylation sites (tertiary alicyclic amines) is 1. The molecular weight excluding hydrogens is 346 g/mol. The second-order valence-electron chi connectivity index (χ2n) is 7.96. The van der Waals surface area contributed by atoms with Gasteiger partial charge in [0.05, 0.1) is 5.41 Å².